The predicted octanol–water partition coefficient (Wildman–Crippen LogP) is 1.14. The second-order valence-electron chi connectivity index (χ2n) is 7.02. The Bertz CT molecular complexity index is 766. The number of carbonyl (C=O) groups excluding carboxylic acids is 4. The number of nitrogens with one attached hydrogen (secondary N) is 2. The van der Waals surface area contributed by atoms with Crippen molar-refractivity contribution < 1.29 is 33.4 Å². The molecule has 0 saturated carbocycles. The topological polar surface area (TPSA) is 120 Å². The molecule has 0 aromatic heterocycles. The number of Topliss-reactive ketones (excluding diaryl/α,β-unsaturated/α-hetero) is 1. The van der Waals surface area contributed by atoms with E-state index in [-0.39, 0.29) is 26.2 Å². The van der Waals surface area contributed by atoms with Gasteiger partial charge in [-0.1, -0.05) is 18.2 Å². The number of esters is 1. The predicted molar refractivity (Wildman–Crippen MR) is 111 cm³/mol. The van der Waals surface area contributed by atoms with Crippen molar-refractivity contribution in [1.29, 1.82) is 0 Å². The first-order chi connectivity index (χ1) is 15.0. The van der Waals surface area contributed by atoms with Crippen molar-refractivity contribution in [2.45, 2.75) is 45.3 Å². The van der Waals surface area contributed by atoms with Crippen molar-refractivity contribution in [2.24, 2.45) is 0 Å². The van der Waals surface area contributed by atoms with Crippen LogP contribution in [0.1, 0.15) is 48.5 Å². The smallest absolute Gasteiger partial charge is 0.307 e. The fraction of sp³-hybridized carbons (Fsp3) is 0.545. The van der Waals surface area contributed by atoms with Crippen LogP contribution in [0.5, 0.6) is 0 Å². The van der Waals surface area contributed by atoms with Gasteiger partial charge in [-0.25, -0.2) is 0 Å². The highest BCUT2D eigenvalue weighted by Crippen LogP contribution is 2.12. The van der Waals surface area contributed by atoms with Gasteiger partial charge in [0.25, 0.3) is 11.8 Å². The standard InChI is InChI=1S/C22H30N2O7/c1-2-31-19(25)10-11-23-22(28)20(26)18-9-5-6-12-29-13-14-30-15-16-7-3-4-8-17(16)21(27)24-18/h3-4,7-8,18H,2,5-6,9-15H2,1H3,(H,23,28)(H,24,27). The van der Waals surface area contributed by atoms with Crippen LogP contribution in [-0.2, 0) is 35.2 Å². The molecule has 1 aromatic rings. The fourth-order valence-corrected chi connectivity index (χ4v) is 3.08. The van der Waals surface area contributed by atoms with E-state index < -0.39 is 29.6 Å². The Morgan fingerprint density at radius 1 is 1.13 bits per heavy atom. The van der Waals surface area contributed by atoms with E-state index >= 15 is 0 Å². The monoisotopic (exact) mass is 434 g/mol. The molecule has 9 nitrogen and oxygen atoms in total. The molecule has 1 aliphatic heterocycles. The van der Waals surface area contributed by atoms with Gasteiger partial charge in [-0.2, -0.15) is 0 Å². The van der Waals surface area contributed by atoms with E-state index in [0.717, 1.165) is 0 Å². The zero-order valence-corrected chi connectivity index (χ0v) is 17.8. The summed E-state index contributed by atoms with van der Waals surface area (Å²) in [6.45, 7) is 3.52. The van der Waals surface area contributed by atoms with Gasteiger partial charge in [-0.05, 0) is 37.8 Å². The number of benzene rings is 1. The molecule has 2 N–H and O–H groups in total. The van der Waals surface area contributed by atoms with Crippen LogP contribution in [0.15, 0.2) is 24.3 Å². The van der Waals surface area contributed by atoms with Crippen LogP contribution in [0.2, 0.25) is 0 Å². The third kappa shape index (κ3) is 8.47. The lowest BCUT2D eigenvalue weighted by Gasteiger charge is -2.19. The number of ether oxygens (including phenoxy) is 3. The Kier molecular flexibility index (Phi) is 10.7. The summed E-state index contributed by atoms with van der Waals surface area (Å²) >= 11 is 0. The van der Waals surface area contributed by atoms with E-state index in [1.807, 2.05) is 0 Å². The Balaban J connectivity index is 2.06. The summed E-state index contributed by atoms with van der Waals surface area (Å²) in [6.07, 6.45) is 1.54. The van der Waals surface area contributed by atoms with Gasteiger partial charge in [-0.15, -0.1) is 0 Å². The zero-order valence-electron chi connectivity index (χ0n) is 17.8. The summed E-state index contributed by atoms with van der Waals surface area (Å²) < 4.78 is 15.9. The van der Waals surface area contributed by atoms with Gasteiger partial charge in [0.15, 0.2) is 0 Å². The lowest BCUT2D eigenvalue weighted by atomic mass is 10.0. The highest BCUT2D eigenvalue weighted by atomic mass is 16.5. The van der Waals surface area contributed by atoms with Crippen molar-refractivity contribution in [3.63, 3.8) is 0 Å². The van der Waals surface area contributed by atoms with E-state index in [2.05, 4.69) is 10.6 Å². The highest BCUT2D eigenvalue weighted by molar-refractivity contribution is 6.38. The largest absolute Gasteiger partial charge is 0.466 e. The van der Waals surface area contributed by atoms with E-state index in [1.165, 1.54) is 0 Å². The first-order valence-corrected chi connectivity index (χ1v) is 10.5. The summed E-state index contributed by atoms with van der Waals surface area (Å²) in [5, 5.41) is 5.11. The molecule has 1 aromatic carbocycles. The lowest BCUT2D eigenvalue weighted by molar-refractivity contribution is -0.143. The maximum Gasteiger partial charge on any atom is 0.307 e. The molecular formula is C22H30N2O7. The summed E-state index contributed by atoms with van der Waals surface area (Å²) in [5.74, 6) is -2.49. The van der Waals surface area contributed by atoms with Crippen LogP contribution in [0.4, 0.5) is 0 Å². The van der Waals surface area contributed by atoms with E-state index in [0.29, 0.717) is 50.2 Å². The molecule has 2 amide bonds. The Morgan fingerprint density at radius 3 is 2.71 bits per heavy atom. The van der Waals surface area contributed by atoms with Crippen LogP contribution in [0.25, 0.3) is 0 Å². The average Bonchev–Trinajstić information content (AvgIpc) is 2.76. The number of fused-ring (bicyclic) bond motifs is 1. The minimum Gasteiger partial charge on any atom is -0.466 e. The van der Waals surface area contributed by atoms with E-state index in [1.54, 1.807) is 31.2 Å². The molecule has 0 fully saturated rings. The molecule has 0 aliphatic carbocycles. The molecular weight excluding hydrogens is 404 g/mol. The molecule has 2 rings (SSSR count). The first-order valence-electron chi connectivity index (χ1n) is 10.5. The molecule has 0 saturated heterocycles. The molecule has 1 atom stereocenters. The minimum absolute atomic E-state index is 0.0158. The SMILES string of the molecule is CCOC(=O)CCNC(=O)C(=O)C1CCCCOCCOCc2ccccc2C(=O)N1. The van der Waals surface area contributed by atoms with Crippen molar-refractivity contribution in [3.8, 4) is 0 Å². The second-order valence-corrected chi connectivity index (χ2v) is 7.02. The van der Waals surface area contributed by atoms with Gasteiger partial charge < -0.3 is 24.8 Å². The van der Waals surface area contributed by atoms with Crippen LogP contribution < -0.4 is 10.6 Å². The van der Waals surface area contributed by atoms with Crippen molar-refractivity contribution >= 4 is 23.6 Å². The second kappa shape index (κ2) is 13.5. The average molecular weight is 434 g/mol. The fourth-order valence-electron chi connectivity index (χ4n) is 3.08. The quantitative estimate of drug-likeness (QED) is 0.509. The third-order valence-electron chi connectivity index (χ3n) is 4.69. The number of carbonyl (C=O) groups is 4. The summed E-state index contributed by atoms with van der Waals surface area (Å²) in [7, 11) is 0. The molecule has 1 aliphatic rings. The van der Waals surface area contributed by atoms with Gasteiger partial charge in [0.1, 0.15) is 0 Å². The van der Waals surface area contributed by atoms with E-state index in [9.17, 15) is 19.2 Å². The Morgan fingerprint density at radius 2 is 1.90 bits per heavy atom. The summed E-state index contributed by atoms with van der Waals surface area (Å²) in [4.78, 5) is 49.2. The molecule has 170 valence electrons. The van der Waals surface area contributed by atoms with Crippen molar-refractivity contribution in [1.82, 2.24) is 10.6 Å². The van der Waals surface area contributed by atoms with Gasteiger partial charge in [0.2, 0.25) is 5.78 Å². The number of hydrogen-bond donors (Lipinski definition) is 2. The van der Waals surface area contributed by atoms with Gasteiger partial charge in [-0.3, -0.25) is 19.2 Å². The molecule has 0 bridgehead atoms. The summed E-state index contributed by atoms with van der Waals surface area (Å²) in [5.41, 5.74) is 1.07. The van der Waals surface area contributed by atoms with Gasteiger partial charge in [0, 0.05) is 18.7 Å². The van der Waals surface area contributed by atoms with Crippen LogP contribution in [-0.4, -0.2) is 62.6 Å². The van der Waals surface area contributed by atoms with Gasteiger partial charge in [0.05, 0.1) is 38.9 Å². The van der Waals surface area contributed by atoms with Gasteiger partial charge >= 0.3 is 5.97 Å². The molecule has 9 heteroatoms. The molecule has 0 radical (unpaired) electrons. The number of hydrogen-bond acceptors (Lipinski definition) is 7. The van der Waals surface area contributed by atoms with Crippen molar-refractivity contribution in [3.05, 3.63) is 35.4 Å². The number of rotatable bonds is 6. The molecule has 31 heavy (non-hydrogen) atoms. The first kappa shape index (κ1) is 24.5. The van der Waals surface area contributed by atoms with Crippen LogP contribution in [0.3, 0.4) is 0 Å². The molecule has 1 heterocycles. The van der Waals surface area contributed by atoms with E-state index in [4.69, 9.17) is 14.2 Å². The van der Waals surface area contributed by atoms with Crippen LogP contribution >= 0.6 is 0 Å². The zero-order chi connectivity index (χ0) is 22.5. The Hall–Kier alpha value is -2.78. The molecule has 0 spiro atoms. The van der Waals surface area contributed by atoms with Crippen molar-refractivity contribution in [2.75, 3.05) is 33.0 Å². The number of ketones is 1. The lowest BCUT2D eigenvalue weighted by Crippen LogP contribution is -2.48. The molecule has 1 unspecified atom stereocenters. The summed E-state index contributed by atoms with van der Waals surface area (Å²) in [6, 6.07) is 5.97. The normalized spacial score (nSPS) is 18.1. The maximum atomic E-state index is 12.9. The maximum absolute atomic E-state index is 12.9. The third-order valence-corrected chi connectivity index (χ3v) is 4.69. The minimum atomic E-state index is -0.980. The highest BCUT2D eigenvalue weighted by Gasteiger charge is 2.27. The Labute approximate surface area is 181 Å². The van der Waals surface area contributed by atoms with Crippen LogP contribution in [0, 0.1) is 0 Å². The number of amides is 2.